The van der Waals surface area contributed by atoms with Crippen LogP contribution in [0, 0.1) is 6.92 Å². The predicted molar refractivity (Wildman–Crippen MR) is 114 cm³/mol. The number of halogens is 1. The number of nitrogens with zero attached hydrogens (tertiary/aromatic N) is 2. The van der Waals surface area contributed by atoms with Crippen molar-refractivity contribution in [2.75, 3.05) is 29.5 Å². The van der Waals surface area contributed by atoms with Gasteiger partial charge in [0, 0.05) is 16.1 Å². The van der Waals surface area contributed by atoms with Crippen LogP contribution in [-0.4, -0.2) is 40.8 Å². The molecule has 1 atom stereocenters. The second-order valence-electron chi connectivity index (χ2n) is 6.53. The number of carbonyl (C=O) groups is 1. The van der Waals surface area contributed by atoms with Crippen LogP contribution >= 0.6 is 11.6 Å². The number of amides is 1. The van der Waals surface area contributed by atoms with E-state index >= 15 is 0 Å². The van der Waals surface area contributed by atoms with Gasteiger partial charge < -0.3 is 9.45 Å². The Morgan fingerprint density at radius 3 is 2.70 bits per heavy atom. The van der Waals surface area contributed by atoms with Crippen molar-refractivity contribution in [3.8, 4) is 0 Å². The fourth-order valence-corrected chi connectivity index (χ4v) is 4.44. The summed E-state index contributed by atoms with van der Waals surface area (Å²) in [5.74, 6) is 1.03. The molecule has 2 aromatic rings. The summed E-state index contributed by atoms with van der Waals surface area (Å²) in [7, 11) is 0. The number of hydrogen-bond donors (Lipinski definition) is 0. The van der Waals surface area contributed by atoms with Crippen LogP contribution in [0.5, 0.6) is 0 Å². The number of hydrogen-bond acceptors (Lipinski definition) is 3. The van der Waals surface area contributed by atoms with Gasteiger partial charge in [0.15, 0.2) is 0 Å². The highest BCUT2D eigenvalue weighted by atomic mass is 35.5. The van der Waals surface area contributed by atoms with E-state index in [1.54, 1.807) is 11.0 Å². The van der Waals surface area contributed by atoms with Gasteiger partial charge in [-0.2, -0.15) is 0 Å². The molecule has 3 rings (SSSR count). The smallest absolute Gasteiger partial charge is 0.248 e. The van der Waals surface area contributed by atoms with Crippen LogP contribution < -0.4 is 4.90 Å². The highest BCUT2D eigenvalue weighted by Crippen LogP contribution is 2.30. The first-order valence-electron chi connectivity index (χ1n) is 9.07. The molecule has 0 spiro atoms. The topological polar surface area (TPSA) is 55.7 Å². The minimum absolute atomic E-state index is 0.0659. The average Bonchev–Trinajstić information content (AvgIpc) is 2.77. The summed E-state index contributed by atoms with van der Waals surface area (Å²) in [5.41, 5.74) is 4.47. The number of aliphatic imine (C=N–C) groups is 1. The van der Waals surface area contributed by atoms with Gasteiger partial charge in [-0.15, -0.1) is 0 Å². The number of carbonyl (C=O) groups excluding carboxylic acids is 1. The van der Waals surface area contributed by atoms with Gasteiger partial charge in [-0.3, -0.25) is 9.79 Å². The van der Waals surface area contributed by atoms with Crippen LogP contribution in [0.2, 0.25) is 5.02 Å². The van der Waals surface area contributed by atoms with E-state index in [4.69, 9.17) is 11.6 Å². The number of anilines is 1. The first-order chi connectivity index (χ1) is 13.0. The Morgan fingerprint density at radius 1 is 1.19 bits per heavy atom. The van der Waals surface area contributed by atoms with E-state index in [9.17, 15) is 9.35 Å². The molecular weight excluding hydrogens is 380 g/mol. The van der Waals surface area contributed by atoms with Crippen LogP contribution in [0.4, 0.5) is 5.69 Å². The molecule has 1 amide bonds. The predicted octanol–water partition coefficient (Wildman–Crippen LogP) is 3.99. The van der Waals surface area contributed by atoms with Gasteiger partial charge in [-0.25, -0.2) is 0 Å². The van der Waals surface area contributed by atoms with Gasteiger partial charge >= 0.3 is 0 Å². The van der Waals surface area contributed by atoms with Crippen LogP contribution in [0.3, 0.4) is 0 Å². The number of fused-ring (bicyclic) bond motifs is 1. The largest absolute Gasteiger partial charge is 0.616 e. The van der Waals surface area contributed by atoms with Gasteiger partial charge in [0.05, 0.1) is 17.9 Å². The molecule has 0 bridgehead atoms. The monoisotopic (exact) mass is 402 g/mol. The third-order valence-electron chi connectivity index (χ3n) is 4.55. The Bertz CT molecular complexity index is 869. The molecule has 0 fully saturated rings. The third kappa shape index (κ3) is 4.54. The van der Waals surface area contributed by atoms with Crippen LogP contribution in [0.15, 0.2) is 47.5 Å². The van der Waals surface area contributed by atoms with Crippen molar-refractivity contribution >= 4 is 40.1 Å². The van der Waals surface area contributed by atoms with E-state index in [0.29, 0.717) is 23.1 Å². The molecule has 1 heterocycles. The summed E-state index contributed by atoms with van der Waals surface area (Å²) in [4.78, 5) is 19.1. The molecule has 0 saturated carbocycles. The van der Waals surface area contributed by atoms with Gasteiger partial charge in [-0.1, -0.05) is 54.0 Å². The van der Waals surface area contributed by atoms with Crippen molar-refractivity contribution in [1.82, 2.24) is 0 Å². The molecule has 6 heteroatoms. The standard InChI is InChI=1S/C21H23ClN2O2S/c1-3-11-27(26)12-10-24-19-9-8-16(22)13-18(19)21(23-14-20(24)25)17-7-5-4-6-15(17)2/h4-9,13H,3,10-12,14H2,1-2H3. The minimum atomic E-state index is -0.929. The summed E-state index contributed by atoms with van der Waals surface area (Å²) in [5, 5.41) is 0.596. The molecule has 2 aromatic carbocycles. The number of benzodiazepines with no additional fused rings is 1. The maximum atomic E-state index is 12.8. The Labute approximate surface area is 168 Å². The zero-order valence-electron chi connectivity index (χ0n) is 15.6. The lowest BCUT2D eigenvalue weighted by molar-refractivity contribution is -0.117. The summed E-state index contributed by atoms with van der Waals surface area (Å²) >= 11 is 5.34. The molecule has 0 radical (unpaired) electrons. The molecule has 0 N–H and O–H groups in total. The zero-order valence-corrected chi connectivity index (χ0v) is 17.1. The Balaban J connectivity index is 2.02. The van der Waals surface area contributed by atoms with Crippen LogP contribution in [0.1, 0.15) is 30.0 Å². The lowest BCUT2D eigenvalue weighted by Gasteiger charge is -2.24. The van der Waals surface area contributed by atoms with E-state index in [1.807, 2.05) is 50.2 Å². The normalized spacial score (nSPS) is 15.2. The zero-order chi connectivity index (χ0) is 19.4. The minimum Gasteiger partial charge on any atom is -0.616 e. The highest BCUT2D eigenvalue weighted by Gasteiger charge is 2.26. The third-order valence-corrected chi connectivity index (χ3v) is 6.29. The fourth-order valence-electron chi connectivity index (χ4n) is 3.22. The molecule has 4 nitrogen and oxygen atoms in total. The molecule has 0 aromatic heterocycles. The first kappa shape index (κ1) is 19.9. The fraction of sp³-hybridized carbons (Fsp3) is 0.333. The van der Waals surface area contributed by atoms with E-state index < -0.39 is 11.2 Å². The second-order valence-corrected chi connectivity index (χ2v) is 8.67. The maximum Gasteiger partial charge on any atom is 0.248 e. The van der Waals surface area contributed by atoms with Crippen LogP contribution in [0.25, 0.3) is 0 Å². The van der Waals surface area contributed by atoms with E-state index in [1.165, 1.54) is 0 Å². The van der Waals surface area contributed by atoms with Crippen LogP contribution in [-0.2, 0) is 16.0 Å². The van der Waals surface area contributed by atoms with Gasteiger partial charge in [-0.05, 0) is 37.1 Å². The Morgan fingerprint density at radius 2 is 1.96 bits per heavy atom. The lowest BCUT2D eigenvalue weighted by atomic mass is 9.96. The summed E-state index contributed by atoms with van der Waals surface area (Å²) in [6, 6.07) is 13.5. The molecule has 27 heavy (non-hydrogen) atoms. The number of aryl methyl sites for hydroxylation is 1. The van der Waals surface area contributed by atoms with Crippen molar-refractivity contribution in [2.24, 2.45) is 4.99 Å². The highest BCUT2D eigenvalue weighted by molar-refractivity contribution is 7.91. The van der Waals surface area contributed by atoms with Gasteiger partial charge in [0.1, 0.15) is 18.1 Å². The second kappa shape index (κ2) is 8.91. The Hall–Kier alpha value is -1.82. The molecule has 1 aliphatic rings. The summed E-state index contributed by atoms with van der Waals surface area (Å²) in [6.45, 7) is 4.52. The first-order valence-corrected chi connectivity index (χ1v) is 10.9. The molecule has 142 valence electrons. The SMILES string of the molecule is CCC[S+]([O-])CCN1C(=O)CN=C(c2ccccc2C)c2cc(Cl)ccc21. The molecule has 0 saturated heterocycles. The average molecular weight is 403 g/mol. The lowest BCUT2D eigenvalue weighted by Crippen LogP contribution is -2.37. The van der Waals surface area contributed by atoms with E-state index in [-0.39, 0.29) is 12.5 Å². The molecular formula is C21H23ClN2O2S. The van der Waals surface area contributed by atoms with Gasteiger partial charge in [0.25, 0.3) is 0 Å². The van der Waals surface area contributed by atoms with Crippen molar-refractivity contribution in [3.63, 3.8) is 0 Å². The van der Waals surface area contributed by atoms with Gasteiger partial charge in [0.2, 0.25) is 5.91 Å². The van der Waals surface area contributed by atoms with Crippen molar-refractivity contribution < 1.29 is 9.35 Å². The molecule has 0 aliphatic carbocycles. The van der Waals surface area contributed by atoms with Crippen molar-refractivity contribution in [1.29, 1.82) is 0 Å². The Kier molecular flexibility index (Phi) is 6.58. The van der Waals surface area contributed by atoms with Crippen molar-refractivity contribution in [2.45, 2.75) is 20.3 Å². The molecule has 1 aliphatic heterocycles. The summed E-state index contributed by atoms with van der Waals surface area (Å²) < 4.78 is 12.1. The quantitative estimate of drug-likeness (QED) is 0.686. The molecule has 1 unspecified atom stereocenters. The van der Waals surface area contributed by atoms with E-state index in [0.717, 1.165) is 34.5 Å². The van der Waals surface area contributed by atoms with E-state index in [2.05, 4.69) is 4.99 Å². The van der Waals surface area contributed by atoms with Crippen molar-refractivity contribution in [3.05, 3.63) is 64.2 Å². The number of rotatable bonds is 6. The number of benzene rings is 2. The summed E-state index contributed by atoms with van der Waals surface area (Å²) in [6.07, 6.45) is 0.868. The maximum absolute atomic E-state index is 12.8.